The van der Waals surface area contributed by atoms with Crippen LogP contribution in [-0.4, -0.2) is 38.5 Å². The van der Waals surface area contributed by atoms with Crippen LogP contribution >= 0.6 is 11.6 Å². The van der Waals surface area contributed by atoms with Gasteiger partial charge in [0.1, 0.15) is 5.52 Å². The minimum atomic E-state index is -1.04. The van der Waals surface area contributed by atoms with E-state index in [4.69, 9.17) is 17.3 Å². The monoisotopic (exact) mass is 436 g/mol. The third-order valence-corrected chi connectivity index (χ3v) is 4.76. The van der Waals surface area contributed by atoms with Crippen LogP contribution in [0.25, 0.3) is 21.8 Å². The first-order valence-corrected chi connectivity index (χ1v) is 9.67. The molecule has 0 aliphatic rings. The quantitative estimate of drug-likeness (QED) is 0.322. The number of halogens is 1. The Hall–Kier alpha value is -3.98. The number of fused-ring (bicyclic) bond motifs is 3. The average molecular weight is 437 g/mol. The number of benzene rings is 2. The number of pyridine rings is 1. The highest BCUT2D eigenvalue weighted by atomic mass is 35.5. The second-order valence-electron chi connectivity index (χ2n) is 6.73. The molecule has 0 saturated heterocycles. The number of aromatic carboxylic acids is 1. The number of aromatic nitrogens is 3. The standard InChI is InChI=1S/C21H17ClN6O3/c22-12-2-1-3-13(9-12)26-19-18-15(10-25-21(28-18)24-7-6-17(23)29)14-5-4-11(20(30)31)8-16(14)27-19/h1-5,8-10H,6-7H2,(H2,23,29)(H,26,27)(H,30,31)(H,24,25,28). The molecule has 2 aromatic heterocycles. The molecule has 0 aliphatic heterocycles. The van der Waals surface area contributed by atoms with Crippen molar-refractivity contribution < 1.29 is 14.7 Å². The summed E-state index contributed by atoms with van der Waals surface area (Å²) >= 11 is 6.09. The summed E-state index contributed by atoms with van der Waals surface area (Å²) in [6.45, 7) is 0.293. The Morgan fingerprint density at radius 2 is 1.94 bits per heavy atom. The molecule has 156 valence electrons. The van der Waals surface area contributed by atoms with Gasteiger partial charge in [0.15, 0.2) is 5.82 Å². The number of carbonyl (C=O) groups is 2. The second kappa shape index (κ2) is 8.41. The summed E-state index contributed by atoms with van der Waals surface area (Å²) in [5.41, 5.74) is 6.99. The zero-order valence-electron chi connectivity index (χ0n) is 16.1. The molecule has 0 fully saturated rings. The first kappa shape index (κ1) is 20.3. The number of carbonyl (C=O) groups excluding carboxylic acids is 1. The van der Waals surface area contributed by atoms with E-state index in [0.29, 0.717) is 50.8 Å². The predicted octanol–water partition coefficient (Wildman–Crippen LogP) is 3.56. The molecule has 5 N–H and O–H groups in total. The largest absolute Gasteiger partial charge is 0.478 e. The summed E-state index contributed by atoms with van der Waals surface area (Å²) in [6.07, 6.45) is 1.77. The Balaban J connectivity index is 1.85. The topological polar surface area (TPSA) is 143 Å². The molecule has 0 saturated carbocycles. The molecule has 4 aromatic rings. The third kappa shape index (κ3) is 4.46. The fraction of sp³-hybridized carbons (Fsp3) is 0.0952. The fourth-order valence-electron chi connectivity index (χ4n) is 3.09. The summed E-state index contributed by atoms with van der Waals surface area (Å²) in [6, 6.07) is 11.8. The molecular formula is C21H17ClN6O3. The molecule has 0 aliphatic carbocycles. The summed E-state index contributed by atoms with van der Waals surface area (Å²) in [7, 11) is 0. The van der Waals surface area contributed by atoms with Crippen LogP contribution in [0.15, 0.2) is 48.7 Å². The fourth-order valence-corrected chi connectivity index (χ4v) is 3.28. The number of amides is 1. The first-order valence-electron chi connectivity index (χ1n) is 9.29. The van der Waals surface area contributed by atoms with Gasteiger partial charge in [-0.15, -0.1) is 0 Å². The van der Waals surface area contributed by atoms with Crippen LogP contribution in [0.5, 0.6) is 0 Å². The lowest BCUT2D eigenvalue weighted by Crippen LogP contribution is -2.16. The number of nitrogens with one attached hydrogen (secondary N) is 2. The first-order chi connectivity index (χ1) is 14.9. The minimum absolute atomic E-state index is 0.124. The van der Waals surface area contributed by atoms with Gasteiger partial charge >= 0.3 is 5.97 Å². The highest BCUT2D eigenvalue weighted by Gasteiger charge is 2.14. The van der Waals surface area contributed by atoms with Crippen molar-refractivity contribution in [3.8, 4) is 0 Å². The van der Waals surface area contributed by atoms with Gasteiger partial charge in [-0.25, -0.2) is 19.7 Å². The second-order valence-corrected chi connectivity index (χ2v) is 7.17. The van der Waals surface area contributed by atoms with Crippen LogP contribution in [0.2, 0.25) is 5.02 Å². The van der Waals surface area contributed by atoms with Crippen LogP contribution in [0, 0.1) is 0 Å². The maximum Gasteiger partial charge on any atom is 0.335 e. The van der Waals surface area contributed by atoms with Crippen molar-refractivity contribution in [2.75, 3.05) is 17.2 Å². The molecule has 4 rings (SSSR count). The number of nitrogens with two attached hydrogens (primary N) is 1. The average Bonchev–Trinajstić information content (AvgIpc) is 2.73. The number of hydrogen-bond acceptors (Lipinski definition) is 7. The van der Waals surface area contributed by atoms with Gasteiger partial charge in [0.2, 0.25) is 11.9 Å². The van der Waals surface area contributed by atoms with Gasteiger partial charge in [0.25, 0.3) is 0 Å². The van der Waals surface area contributed by atoms with Gasteiger partial charge in [-0.1, -0.05) is 23.7 Å². The lowest BCUT2D eigenvalue weighted by Gasteiger charge is -2.13. The number of hydrogen-bond donors (Lipinski definition) is 4. The van der Waals surface area contributed by atoms with Crippen molar-refractivity contribution in [1.82, 2.24) is 15.0 Å². The summed E-state index contributed by atoms with van der Waals surface area (Å²) < 4.78 is 0. The molecule has 0 radical (unpaired) electrons. The van der Waals surface area contributed by atoms with E-state index in [-0.39, 0.29) is 12.0 Å². The van der Waals surface area contributed by atoms with Crippen LogP contribution < -0.4 is 16.4 Å². The number of primary amides is 1. The van der Waals surface area contributed by atoms with Crippen molar-refractivity contribution in [3.05, 3.63) is 59.2 Å². The third-order valence-electron chi connectivity index (χ3n) is 4.52. The van der Waals surface area contributed by atoms with E-state index in [1.165, 1.54) is 12.1 Å². The predicted molar refractivity (Wildman–Crippen MR) is 119 cm³/mol. The molecule has 0 unspecified atom stereocenters. The van der Waals surface area contributed by atoms with Gasteiger partial charge in [-0.05, 0) is 30.3 Å². The zero-order valence-corrected chi connectivity index (χ0v) is 16.8. The van der Waals surface area contributed by atoms with Crippen LogP contribution in [0.1, 0.15) is 16.8 Å². The van der Waals surface area contributed by atoms with Crippen molar-refractivity contribution in [2.24, 2.45) is 5.73 Å². The number of carboxylic acids is 1. The Labute approximate surface area is 181 Å². The molecule has 0 bridgehead atoms. The number of rotatable bonds is 7. The van der Waals surface area contributed by atoms with Crippen molar-refractivity contribution in [1.29, 1.82) is 0 Å². The van der Waals surface area contributed by atoms with E-state index in [1.54, 1.807) is 30.5 Å². The van der Waals surface area contributed by atoms with E-state index in [1.807, 2.05) is 6.07 Å². The number of nitrogens with zero attached hydrogens (tertiary/aromatic N) is 3. The molecule has 0 atom stereocenters. The van der Waals surface area contributed by atoms with E-state index in [2.05, 4.69) is 25.6 Å². The minimum Gasteiger partial charge on any atom is -0.478 e. The molecule has 1 amide bonds. The van der Waals surface area contributed by atoms with Gasteiger partial charge in [0, 0.05) is 40.6 Å². The molecule has 10 heteroatoms. The van der Waals surface area contributed by atoms with E-state index in [0.717, 1.165) is 0 Å². The van der Waals surface area contributed by atoms with E-state index < -0.39 is 11.9 Å². The van der Waals surface area contributed by atoms with Gasteiger partial charge < -0.3 is 21.5 Å². The van der Waals surface area contributed by atoms with Crippen LogP contribution in [0.4, 0.5) is 17.5 Å². The molecule has 2 heterocycles. The van der Waals surface area contributed by atoms with Gasteiger partial charge in [-0.3, -0.25) is 4.79 Å². The summed E-state index contributed by atoms with van der Waals surface area (Å²) in [5.74, 6) is -0.754. The Kier molecular flexibility index (Phi) is 5.50. The van der Waals surface area contributed by atoms with E-state index >= 15 is 0 Å². The highest BCUT2D eigenvalue weighted by Crippen LogP contribution is 2.31. The SMILES string of the molecule is NC(=O)CCNc1ncc2c(n1)c(Nc1cccc(Cl)c1)nc1cc(C(=O)O)ccc12. The van der Waals surface area contributed by atoms with E-state index in [9.17, 15) is 14.7 Å². The number of carboxylic acid groups (broad SMARTS) is 1. The molecule has 31 heavy (non-hydrogen) atoms. The number of anilines is 3. The smallest absolute Gasteiger partial charge is 0.335 e. The van der Waals surface area contributed by atoms with Crippen molar-refractivity contribution in [2.45, 2.75) is 6.42 Å². The lowest BCUT2D eigenvalue weighted by molar-refractivity contribution is -0.117. The maximum absolute atomic E-state index is 11.4. The molecular weight excluding hydrogens is 420 g/mol. The molecule has 9 nitrogen and oxygen atoms in total. The highest BCUT2D eigenvalue weighted by molar-refractivity contribution is 6.30. The Bertz CT molecular complexity index is 1330. The Morgan fingerprint density at radius 3 is 2.68 bits per heavy atom. The lowest BCUT2D eigenvalue weighted by atomic mass is 10.1. The van der Waals surface area contributed by atoms with Crippen LogP contribution in [-0.2, 0) is 4.79 Å². The maximum atomic E-state index is 11.4. The molecule has 0 spiro atoms. The summed E-state index contributed by atoms with van der Waals surface area (Å²) in [5, 5.41) is 17.4. The van der Waals surface area contributed by atoms with Gasteiger partial charge in [-0.2, -0.15) is 0 Å². The van der Waals surface area contributed by atoms with Crippen molar-refractivity contribution in [3.63, 3.8) is 0 Å². The summed E-state index contributed by atoms with van der Waals surface area (Å²) in [4.78, 5) is 35.8. The van der Waals surface area contributed by atoms with Crippen LogP contribution in [0.3, 0.4) is 0 Å². The molecule has 2 aromatic carbocycles. The zero-order chi connectivity index (χ0) is 22.0. The van der Waals surface area contributed by atoms with Crippen molar-refractivity contribution >= 4 is 62.7 Å². The Morgan fingerprint density at radius 1 is 1.10 bits per heavy atom. The van der Waals surface area contributed by atoms with Gasteiger partial charge in [0.05, 0.1) is 11.1 Å². The normalized spacial score (nSPS) is 10.9.